The van der Waals surface area contributed by atoms with E-state index in [0.717, 1.165) is 0 Å². The van der Waals surface area contributed by atoms with Crippen LogP contribution in [-0.2, 0) is 4.74 Å². The summed E-state index contributed by atoms with van der Waals surface area (Å²) in [5.41, 5.74) is 0.451. The van der Waals surface area contributed by atoms with Gasteiger partial charge in [-0.1, -0.05) is 22.0 Å². The third-order valence-electron chi connectivity index (χ3n) is 2.18. The van der Waals surface area contributed by atoms with Crippen LogP contribution in [0.4, 0.5) is 15.3 Å². The highest BCUT2D eigenvalue weighted by molar-refractivity contribution is 9.09. The molecular weight excluding hydrogens is 364 g/mol. The van der Waals surface area contributed by atoms with Gasteiger partial charge in [0.25, 0.3) is 0 Å². The van der Waals surface area contributed by atoms with E-state index in [0.29, 0.717) is 23.3 Å². The van der Waals surface area contributed by atoms with E-state index in [1.165, 1.54) is 6.07 Å². The molecule has 0 radical (unpaired) electrons. The van der Waals surface area contributed by atoms with Gasteiger partial charge in [-0.15, -0.1) is 11.6 Å². The number of carbonyl (C=O) groups excluding carboxylic acids is 2. The molecule has 1 unspecified atom stereocenters. The van der Waals surface area contributed by atoms with E-state index >= 15 is 0 Å². The maximum absolute atomic E-state index is 11.5. The molecule has 0 heterocycles. The Morgan fingerprint density at radius 1 is 1.38 bits per heavy atom. The fourth-order valence-corrected chi connectivity index (χ4v) is 1.55. The Balaban J connectivity index is 2.55. The van der Waals surface area contributed by atoms with E-state index < -0.39 is 12.2 Å². The van der Waals surface area contributed by atoms with Crippen LogP contribution in [0.3, 0.4) is 0 Å². The number of hydrogen-bond donors (Lipinski definition) is 2. The Morgan fingerprint density at radius 3 is 2.81 bits per heavy atom. The first kappa shape index (κ1) is 17.6. The first-order chi connectivity index (χ1) is 10.0. The summed E-state index contributed by atoms with van der Waals surface area (Å²) in [6.45, 7) is 2.14. The number of rotatable bonds is 6. The number of carbonyl (C=O) groups is 2. The number of hydrogen-bond acceptors (Lipinski definition) is 4. The van der Waals surface area contributed by atoms with Crippen LogP contribution in [0.2, 0.25) is 0 Å². The molecule has 0 bridgehead atoms. The molecule has 0 aromatic heterocycles. The van der Waals surface area contributed by atoms with E-state index in [1.807, 2.05) is 0 Å². The molecule has 0 fully saturated rings. The molecule has 0 aliphatic carbocycles. The standard InChI is InChI=1S/C13H16BrClN2O4/c1-9(8-15)20-13(19)17-10-3-2-4-11(7-10)21-12(18)16-6-5-14/h2-4,7,9H,5-6,8H2,1H3,(H,16,18)(H,17,19). The summed E-state index contributed by atoms with van der Waals surface area (Å²) in [5, 5.41) is 5.70. The van der Waals surface area contributed by atoms with Crippen LogP contribution in [0.25, 0.3) is 0 Å². The van der Waals surface area contributed by atoms with Crippen molar-refractivity contribution in [2.45, 2.75) is 13.0 Å². The first-order valence-electron chi connectivity index (χ1n) is 6.20. The van der Waals surface area contributed by atoms with Gasteiger partial charge in [-0.25, -0.2) is 9.59 Å². The van der Waals surface area contributed by atoms with Gasteiger partial charge >= 0.3 is 12.2 Å². The number of anilines is 1. The van der Waals surface area contributed by atoms with Crippen molar-refractivity contribution in [2.24, 2.45) is 0 Å². The van der Waals surface area contributed by atoms with Crippen LogP contribution in [0, 0.1) is 0 Å². The largest absolute Gasteiger partial charge is 0.445 e. The van der Waals surface area contributed by atoms with Gasteiger partial charge in [0.2, 0.25) is 0 Å². The molecule has 6 nitrogen and oxygen atoms in total. The molecule has 0 aliphatic rings. The van der Waals surface area contributed by atoms with Crippen LogP contribution in [0.5, 0.6) is 5.75 Å². The number of alkyl halides is 2. The normalized spacial score (nSPS) is 11.4. The van der Waals surface area contributed by atoms with Gasteiger partial charge in [0.05, 0.1) is 5.88 Å². The van der Waals surface area contributed by atoms with Crippen LogP contribution in [-0.4, -0.2) is 36.0 Å². The van der Waals surface area contributed by atoms with Crippen LogP contribution < -0.4 is 15.4 Å². The van der Waals surface area contributed by atoms with E-state index in [9.17, 15) is 9.59 Å². The maximum Gasteiger partial charge on any atom is 0.412 e. The molecule has 0 saturated heterocycles. The van der Waals surface area contributed by atoms with Crippen LogP contribution >= 0.6 is 27.5 Å². The zero-order chi connectivity index (χ0) is 15.7. The number of amides is 2. The summed E-state index contributed by atoms with van der Waals surface area (Å²) >= 11 is 8.74. The van der Waals surface area contributed by atoms with Crippen molar-refractivity contribution in [1.29, 1.82) is 0 Å². The van der Waals surface area contributed by atoms with Gasteiger partial charge in [0, 0.05) is 23.6 Å². The monoisotopic (exact) mass is 378 g/mol. The average Bonchev–Trinajstić information content (AvgIpc) is 2.45. The van der Waals surface area contributed by atoms with E-state index in [4.69, 9.17) is 21.1 Å². The SMILES string of the molecule is CC(CCl)OC(=O)Nc1cccc(OC(=O)NCCBr)c1. The minimum atomic E-state index is -0.621. The van der Waals surface area contributed by atoms with E-state index in [1.54, 1.807) is 25.1 Å². The molecule has 116 valence electrons. The number of benzene rings is 1. The lowest BCUT2D eigenvalue weighted by Gasteiger charge is -2.12. The Hall–Kier alpha value is -1.47. The smallest absolute Gasteiger partial charge is 0.412 e. The van der Waals surface area contributed by atoms with E-state index in [2.05, 4.69) is 26.6 Å². The van der Waals surface area contributed by atoms with Gasteiger partial charge in [0.1, 0.15) is 11.9 Å². The molecule has 1 aromatic carbocycles. The predicted molar refractivity (Wildman–Crippen MR) is 84.5 cm³/mol. The van der Waals surface area contributed by atoms with Crippen molar-refractivity contribution in [3.63, 3.8) is 0 Å². The van der Waals surface area contributed by atoms with Crippen molar-refractivity contribution in [1.82, 2.24) is 5.32 Å². The molecule has 1 rings (SSSR count). The summed E-state index contributed by atoms with van der Waals surface area (Å²) in [5.74, 6) is 0.523. The molecule has 21 heavy (non-hydrogen) atoms. The molecule has 0 aliphatic heterocycles. The fraction of sp³-hybridized carbons (Fsp3) is 0.385. The van der Waals surface area contributed by atoms with Gasteiger partial charge < -0.3 is 14.8 Å². The summed E-state index contributed by atoms with van der Waals surface area (Å²) in [6, 6.07) is 6.41. The Bertz CT molecular complexity index is 487. The topological polar surface area (TPSA) is 76.7 Å². The van der Waals surface area contributed by atoms with Gasteiger partial charge in [-0.3, -0.25) is 5.32 Å². The number of nitrogens with one attached hydrogen (secondary N) is 2. The molecular formula is C13H16BrClN2O4. The maximum atomic E-state index is 11.5. The summed E-state index contributed by atoms with van der Waals surface area (Å²) in [6.07, 6.45) is -1.57. The van der Waals surface area contributed by atoms with Crippen molar-refractivity contribution < 1.29 is 19.1 Å². The molecule has 2 amide bonds. The Kier molecular flexibility index (Phi) is 7.92. The third-order valence-corrected chi connectivity index (χ3v) is 3.01. The quantitative estimate of drug-likeness (QED) is 0.743. The highest BCUT2D eigenvalue weighted by Gasteiger charge is 2.09. The summed E-state index contributed by atoms with van der Waals surface area (Å²) < 4.78 is 10.0. The molecule has 1 aromatic rings. The van der Waals surface area contributed by atoms with Gasteiger partial charge in [0.15, 0.2) is 0 Å². The lowest BCUT2D eigenvalue weighted by atomic mass is 10.3. The molecule has 8 heteroatoms. The minimum absolute atomic E-state index is 0.213. The molecule has 0 saturated carbocycles. The zero-order valence-electron chi connectivity index (χ0n) is 11.4. The summed E-state index contributed by atoms with van der Waals surface area (Å²) in [7, 11) is 0. The van der Waals surface area contributed by atoms with Crippen LogP contribution in [0.15, 0.2) is 24.3 Å². The average molecular weight is 380 g/mol. The van der Waals surface area contributed by atoms with Gasteiger partial charge in [-0.05, 0) is 19.1 Å². The summed E-state index contributed by atoms with van der Waals surface area (Å²) in [4.78, 5) is 22.9. The predicted octanol–water partition coefficient (Wildman–Crippen LogP) is 3.35. The molecule has 0 spiro atoms. The second-order valence-electron chi connectivity index (χ2n) is 4.03. The van der Waals surface area contributed by atoms with E-state index in [-0.39, 0.29) is 12.0 Å². The highest BCUT2D eigenvalue weighted by Crippen LogP contribution is 2.17. The van der Waals surface area contributed by atoms with Crippen molar-refractivity contribution in [3.8, 4) is 5.75 Å². The second-order valence-corrected chi connectivity index (χ2v) is 5.13. The lowest BCUT2D eigenvalue weighted by Crippen LogP contribution is -2.28. The van der Waals surface area contributed by atoms with Gasteiger partial charge in [-0.2, -0.15) is 0 Å². The fourth-order valence-electron chi connectivity index (χ4n) is 1.29. The van der Waals surface area contributed by atoms with Crippen molar-refractivity contribution >= 4 is 45.4 Å². The number of ether oxygens (including phenoxy) is 2. The van der Waals surface area contributed by atoms with Crippen LogP contribution in [0.1, 0.15) is 6.92 Å². The lowest BCUT2D eigenvalue weighted by molar-refractivity contribution is 0.131. The first-order valence-corrected chi connectivity index (χ1v) is 7.86. The highest BCUT2D eigenvalue weighted by atomic mass is 79.9. The van der Waals surface area contributed by atoms with Crippen molar-refractivity contribution in [2.75, 3.05) is 23.1 Å². The third kappa shape index (κ3) is 7.19. The zero-order valence-corrected chi connectivity index (χ0v) is 13.7. The van der Waals surface area contributed by atoms with Crippen molar-refractivity contribution in [3.05, 3.63) is 24.3 Å². The molecule has 1 atom stereocenters. The Labute approximate surface area is 136 Å². The number of halogens is 2. The second kappa shape index (κ2) is 9.46. The minimum Gasteiger partial charge on any atom is -0.445 e. The molecule has 2 N–H and O–H groups in total. The Morgan fingerprint density at radius 2 is 2.14 bits per heavy atom.